The zero-order chi connectivity index (χ0) is 12.8. The smallest absolute Gasteiger partial charge is 0.224 e. The molecule has 5 heteroatoms. The van der Waals surface area contributed by atoms with E-state index in [1.807, 2.05) is 30.3 Å². The molecule has 5 nitrogen and oxygen atoms in total. The summed E-state index contributed by atoms with van der Waals surface area (Å²) in [7, 11) is 3.46. The number of aromatic nitrogens is 2. The fraction of sp³-hybridized carbons (Fsp3) is 0.231. The summed E-state index contributed by atoms with van der Waals surface area (Å²) in [6.07, 6.45) is 1.72. The highest BCUT2D eigenvalue weighted by Gasteiger charge is 1.99. The van der Waals surface area contributed by atoms with Gasteiger partial charge in [0.1, 0.15) is 11.6 Å². The number of methoxy groups -OCH3 is 1. The van der Waals surface area contributed by atoms with E-state index in [1.165, 1.54) is 0 Å². The Kier molecular flexibility index (Phi) is 3.96. The summed E-state index contributed by atoms with van der Waals surface area (Å²) in [6.45, 7) is 0.692. The van der Waals surface area contributed by atoms with Crippen LogP contribution in [-0.2, 0) is 6.54 Å². The second-order valence-corrected chi connectivity index (χ2v) is 3.72. The van der Waals surface area contributed by atoms with E-state index in [0.717, 1.165) is 17.1 Å². The summed E-state index contributed by atoms with van der Waals surface area (Å²) in [4.78, 5) is 8.34. The number of hydrogen-bond acceptors (Lipinski definition) is 5. The first kappa shape index (κ1) is 12.2. The van der Waals surface area contributed by atoms with Crippen molar-refractivity contribution in [2.75, 3.05) is 24.8 Å². The molecule has 2 aromatic rings. The van der Waals surface area contributed by atoms with E-state index in [0.29, 0.717) is 12.5 Å². The number of nitrogens with one attached hydrogen (secondary N) is 2. The summed E-state index contributed by atoms with van der Waals surface area (Å²) in [6, 6.07) is 9.76. The van der Waals surface area contributed by atoms with Crippen molar-refractivity contribution in [2.45, 2.75) is 6.54 Å². The molecule has 1 aromatic heterocycles. The van der Waals surface area contributed by atoms with E-state index in [4.69, 9.17) is 4.74 Å². The van der Waals surface area contributed by atoms with Gasteiger partial charge in [-0.1, -0.05) is 12.1 Å². The Hall–Kier alpha value is -2.30. The summed E-state index contributed by atoms with van der Waals surface area (Å²) in [5.41, 5.74) is 1.14. The number of ether oxygens (including phenoxy) is 1. The van der Waals surface area contributed by atoms with Gasteiger partial charge in [-0.25, -0.2) is 4.98 Å². The van der Waals surface area contributed by atoms with Crippen LogP contribution < -0.4 is 15.4 Å². The first-order chi connectivity index (χ1) is 8.81. The largest absolute Gasteiger partial charge is 0.497 e. The topological polar surface area (TPSA) is 59.1 Å². The van der Waals surface area contributed by atoms with Gasteiger partial charge < -0.3 is 15.4 Å². The van der Waals surface area contributed by atoms with Gasteiger partial charge in [0.2, 0.25) is 5.95 Å². The van der Waals surface area contributed by atoms with Crippen LogP contribution in [0.4, 0.5) is 11.8 Å². The van der Waals surface area contributed by atoms with Gasteiger partial charge in [-0.2, -0.15) is 4.98 Å². The SMILES string of the molecule is CNc1nccc(NCc2cccc(OC)c2)n1. The van der Waals surface area contributed by atoms with Gasteiger partial charge >= 0.3 is 0 Å². The van der Waals surface area contributed by atoms with Crippen molar-refractivity contribution in [3.63, 3.8) is 0 Å². The Morgan fingerprint density at radius 1 is 1.28 bits per heavy atom. The first-order valence-corrected chi connectivity index (χ1v) is 5.69. The number of rotatable bonds is 5. The normalized spacial score (nSPS) is 9.89. The molecule has 0 aliphatic heterocycles. The van der Waals surface area contributed by atoms with Gasteiger partial charge in [0.15, 0.2) is 0 Å². The van der Waals surface area contributed by atoms with E-state index in [2.05, 4.69) is 20.6 Å². The van der Waals surface area contributed by atoms with Crippen LogP contribution in [0.5, 0.6) is 5.75 Å². The lowest BCUT2D eigenvalue weighted by atomic mass is 10.2. The number of benzene rings is 1. The fourth-order valence-corrected chi connectivity index (χ4v) is 1.55. The summed E-state index contributed by atoms with van der Waals surface area (Å²) in [5, 5.41) is 6.14. The minimum absolute atomic E-state index is 0.602. The summed E-state index contributed by atoms with van der Waals surface area (Å²) in [5.74, 6) is 2.25. The number of nitrogens with zero attached hydrogens (tertiary/aromatic N) is 2. The molecular formula is C13H16N4O. The van der Waals surface area contributed by atoms with Gasteiger partial charge in [-0.3, -0.25) is 0 Å². The second-order valence-electron chi connectivity index (χ2n) is 3.72. The molecule has 0 unspecified atom stereocenters. The third-order valence-corrected chi connectivity index (χ3v) is 2.49. The molecule has 0 amide bonds. The van der Waals surface area contributed by atoms with Crippen molar-refractivity contribution < 1.29 is 4.74 Å². The number of hydrogen-bond donors (Lipinski definition) is 2. The molecule has 1 aromatic carbocycles. The molecule has 0 aliphatic rings. The van der Waals surface area contributed by atoms with Gasteiger partial charge in [0.05, 0.1) is 7.11 Å². The molecule has 2 N–H and O–H groups in total. The molecule has 2 rings (SSSR count). The van der Waals surface area contributed by atoms with E-state index in [9.17, 15) is 0 Å². The van der Waals surface area contributed by atoms with Crippen molar-refractivity contribution in [1.82, 2.24) is 9.97 Å². The molecule has 0 atom stereocenters. The third-order valence-electron chi connectivity index (χ3n) is 2.49. The van der Waals surface area contributed by atoms with Crippen LogP contribution >= 0.6 is 0 Å². The summed E-state index contributed by atoms with van der Waals surface area (Å²) >= 11 is 0. The lowest BCUT2D eigenvalue weighted by molar-refractivity contribution is 0.414. The van der Waals surface area contributed by atoms with Gasteiger partial charge in [-0.15, -0.1) is 0 Å². The zero-order valence-corrected chi connectivity index (χ0v) is 10.5. The maximum atomic E-state index is 5.18. The molecule has 0 spiro atoms. The minimum atomic E-state index is 0.602. The molecular weight excluding hydrogens is 228 g/mol. The average molecular weight is 244 g/mol. The van der Waals surface area contributed by atoms with Crippen molar-refractivity contribution in [2.24, 2.45) is 0 Å². The van der Waals surface area contributed by atoms with E-state index in [-0.39, 0.29) is 0 Å². The molecule has 0 saturated heterocycles. The molecule has 0 radical (unpaired) electrons. The number of anilines is 2. The molecule has 0 bridgehead atoms. The van der Waals surface area contributed by atoms with Crippen LogP contribution in [0.25, 0.3) is 0 Å². The van der Waals surface area contributed by atoms with Crippen molar-refractivity contribution in [3.05, 3.63) is 42.1 Å². The standard InChI is InChI=1S/C13H16N4O/c1-14-13-15-7-6-12(17-13)16-9-10-4-3-5-11(8-10)18-2/h3-8H,9H2,1-2H3,(H2,14,15,16,17). The fourth-order valence-electron chi connectivity index (χ4n) is 1.55. The van der Waals surface area contributed by atoms with Crippen LogP contribution in [0, 0.1) is 0 Å². The second kappa shape index (κ2) is 5.86. The Labute approximate surface area is 106 Å². The molecule has 18 heavy (non-hydrogen) atoms. The van der Waals surface area contributed by atoms with Crippen LogP contribution in [0.2, 0.25) is 0 Å². The van der Waals surface area contributed by atoms with Gasteiger partial charge in [0, 0.05) is 19.8 Å². The van der Waals surface area contributed by atoms with Crippen LogP contribution in [0.1, 0.15) is 5.56 Å². The summed E-state index contributed by atoms with van der Waals surface area (Å²) < 4.78 is 5.18. The van der Waals surface area contributed by atoms with E-state index in [1.54, 1.807) is 20.4 Å². The van der Waals surface area contributed by atoms with E-state index >= 15 is 0 Å². The van der Waals surface area contributed by atoms with Gasteiger partial charge in [-0.05, 0) is 23.8 Å². The van der Waals surface area contributed by atoms with Crippen LogP contribution in [0.15, 0.2) is 36.5 Å². The first-order valence-electron chi connectivity index (χ1n) is 5.69. The average Bonchev–Trinajstić information content (AvgIpc) is 2.45. The highest BCUT2D eigenvalue weighted by molar-refractivity contribution is 5.40. The maximum Gasteiger partial charge on any atom is 0.224 e. The third kappa shape index (κ3) is 3.10. The lowest BCUT2D eigenvalue weighted by Gasteiger charge is -2.08. The van der Waals surface area contributed by atoms with E-state index < -0.39 is 0 Å². The monoisotopic (exact) mass is 244 g/mol. The van der Waals surface area contributed by atoms with Crippen LogP contribution in [0.3, 0.4) is 0 Å². The van der Waals surface area contributed by atoms with Gasteiger partial charge in [0.25, 0.3) is 0 Å². The Morgan fingerprint density at radius 2 is 2.17 bits per heavy atom. The molecule has 1 heterocycles. The Morgan fingerprint density at radius 3 is 2.94 bits per heavy atom. The van der Waals surface area contributed by atoms with Crippen molar-refractivity contribution >= 4 is 11.8 Å². The quantitative estimate of drug-likeness (QED) is 0.843. The predicted molar refractivity (Wildman–Crippen MR) is 71.9 cm³/mol. The highest BCUT2D eigenvalue weighted by atomic mass is 16.5. The highest BCUT2D eigenvalue weighted by Crippen LogP contribution is 2.14. The van der Waals surface area contributed by atoms with Crippen LogP contribution in [-0.4, -0.2) is 24.1 Å². The molecule has 0 saturated carbocycles. The molecule has 0 aliphatic carbocycles. The van der Waals surface area contributed by atoms with Crippen molar-refractivity contribution in [3.8, 4) is 5.75 Å². The lowest BCUT2D eigenvalue weighted by Crippen LogP contribution is -2.04. The molecule has 94 valence electrons. The minimum Gasteiger partial charge on any atom is -0.497 e. The maximum absolute atomic E-state index is 5.18. The zero-order valence-electron chi connectivity index (χ0n) is 10.5. The Bertz CT molecular complexity index is 468. The Balaban J connectivity index is 2.01. The van der Waals surface area contributed by atoms with Crippen molar-refractivity contribution in [1.29, 1.82) is 0 Å². The predicted octanol–water partition coefficient (Wildman–Crippen LogP) is 2.14. The molecule has 0 fully saturated rings.